The van der Waals surface area contributed by atoms with E-state index in [1.165, 1.54) is 65.3 Å². The molecule has 54 heavy (non-hydrogen) atoms. The van der Waals surface area contributed by atoms with Gasteiger partial charge in [-0.3, -0.25) is 0 Å². The molecule has 0 aliphatic carbocycles. The van der Waals surface area contributed by atoms with Crippen molar-refractivity contribution in [3.63, 3.8) is 0 Å². The highest BCUT2D eigenvalue weighted by Crippen LogP contribution is 2.38. The Labute approximate surface area is 319 Å². The monoisotopic (exact) mass is 725 g/mol. The third kappa shape index (κ3) is 5.03. The summed E-state index contributed by atoms with van der Waals surface area (Å²) in [5.74, 6) is 2.19. The minimum Gasteiger partial charge on any atom is -0.208 e. The number of aromatic nitrogens is 3. The van der Waals surface area contributed by atoms with Crippen LogP contribution in [0.15, 0.2) is 164 Å². The number of hydrogen-bond acceptors (Lipinski definition) is 3. The number of rotatable bonds is 5. The summed E-state index contributed by atoms with van der Waals surface area (Å²) in [6.45, 7) is 9.90. The van der Waals surface area contributed by atoms with Crippen LogP contribution in [0, 0.1) is 0 Å². The molecule has 1 aromatic heterocycles. The van der Waals surface area contributed by atoms with Gasteiger partial charge in [0.25, 0.3) is 0 Å². The van der Waals surface area contributed by atoms with E-state index < -0.39 is 16.1 Å². The predicted molar refractivity (Wildman–Crippen MR) is 231 cm³/mol. The third-order valence-electron chi connectivity index (χ3n) is 11.7. The molecule has 0 saturated heterocycles. The number of benzene rings is 7. The summed E-state index contributed by atoms with van der Waals surface area (Å²) in [6, 6.07) is 59.3. The van der Waals surface area contributed by atoms with E-state index in [0.29, 0.717) is 5.82 Å². The van der Waals surface area contributed by atoms with Gasteiger partial charge in [0.15, 0.2) is 17.5 Å². The standard InChI is InChI=1S/C49H39N3Si2/c1-53(2)43-28-26-35(32-16-8-5-9-17-32)30-41(43)37-22-14-24-39(45(37)53)48-50-47(34-20-12-7-13-21-34)51-49(52-48)40-25-15-23-38-42-31-36(33-18-10-6-11-19-33)27-29-44(42)54(3,4)46(38)40/h5-31H,1-4H3. The fourth-order valence-electron chi connectivity index (χ4n) is 9.12. The highest BCUT2D eigenvalue weighted by molar-refractivity contribution is 7.05. The van der Waals surface area contributed by atoms with Crippen LogP contribution in [0.4, 0.5) is 0 Å². The number of hydrogen-bond donors (Lipinski definition) is 0. The molecule has 0 bridgehead atoms. The zero-order valence-corrected chi connectivity index (χ0v) is 32.9. The second-order valence-electron chi connectivity index (χ2n) is 15.6. The SMILES string of the molecule is C[Si]1(C)c2ccc(-c3ccccc3)cc2-c2cccc(-c3nc(-c4ccccc4)nc(-c4cccc5c4[Si](C)(C)c4ccc(-c6ccccc6)cc4-5)n3)c21. The molecule has 2 aliphatic rings. The van der Waals surface area contributed by atoms with Gasteiger partial charge in [-0.05, 0) is 77.4 Å². The van der Waals surface area contributed by atoms with E-state index in [2.05, 4.69) is 184 Å². The van der Waals surface area contributed by atoms with E-state index in [1.54, 1.807) is 0 Å². The lowest BCUT2D eigenvalue weighted by atomic mass is 9.97. The molecular formula is C49H39N3Si2. The Hall–Kier alpha value is -6.02. The highest BCUT2D eigenvalue weighted by atomic mass is 28.3. The Kier molecular flexibility index (Phi) is 7.41. The van der Waals surface area contributed by atoms with E-state index >= 15 is 0 Å². The molecule has 0 unspecified atom stereocenters. The van der Waals surface area contributed by atoms with Gasteiger partial charge in [-0.1, -0.05) is 178 Å². The Balaban J connectivity index is 1.17. The molecule has 0 amide bonds. The Morgan fingerprint density at radius 2 is 0.667 bits per heavy atom. The van der Waals surface area contributed by atoms with Gasteiger partial charge < -0.3 is 0 Å². The molecular weight excluding hydrogens is 687 g/mol. The highest BCUT2D eigenvalue weighted by Gasteiger charge is 2.42. The predicted octanol–water partition coefficient (Wildman–Crippen LogP) is 9.81. The van der Waals surface area contributed by atoms with Crippen LogP contribution in [0.2, 0.25) is 26.2 Å². The quantitative estimate of drug-likeness (QED) is 0.166. The molecule has 258 valence electrons. The van der Waals surface area contributed by atoms with E-state index in [0.717, 1.165) is 28.3 Å². The maximum atomic E-state index is 5.46. The van der Waals surface area contributed by atoms with Crippen LogP contribution in [-0.2, 0) is 0 Å². The summed E-state index contributed by atoms with van der Waals surface area (Å²) < 4.78 is 0. The van der Waals surface area contributed by atoms with Crippen LogP contribution in [0.5, 0.6) is 0 Å². The lowest BCUT2D eigenvalue weighted by molar-refractivity contribution is 1.08. The molecule has 8 aromatic rings. The van der Waals surface area contributed by atoms with Gasteiger partial charge in [0, 0.05) is 16.7 Å². The summed E-state index contributed by atoms with van der Waals surface area (Å²) in [7, 11) is -4.27. The molecule has 5 heteroatoms. The van der Waals surface area contributed by atoms with Crippen molar-refractivity contribution < 1.29 is 0 Å². The molecule has 0 atom stereocenters. The van der Waals surface area contributed by atoms with E-state index in [1.807, 2.05) is 6.07 Å². The lowest BCUT2D eigenvalue weighted by Gasteiger charge is -2.23. The maximum absolute atomic E-state index is 5.46. The molecule has 0 saturated carbocycles. The largest absolute Gasteiger partial charge is 0.208 e. The third-order valence-corrected chi connectivity index (χ3v) is 18.9. The van der Waals surface area contributed by atoms with Gasteiger partial charge in [0.05, 0.1) is 0 Å². The van der Waals surface area contributed by atoms with Crippen molar-refractivity contribution in [2.45, 2.75) is 26.2 Å². The van der Waals surface area contributed by atoms with Gasteiger partial charge in [-0.2, -0.15) is 0 Å². The fourth-order valence-corrected chi connectivity index (χ4v) is 15.9. The van der Waals surface area contributed by atoms with Crippen molar-refractivity contribution in [2.24, 2.45) is 0 Å². The van der Waals surface area contributed by atoms with Gasteiger partial charge in [0.2, 0.25) is 0 Å². The molecule has 0 fully saturated rings. The van der Waals surface area contributed by atoms with Crippen LogP contribution >= 0.6 is 0 Å². The molecule has 2 aliphatic heterocycles. The van der Waals surface area contributed by atoms with Crippen LogP contribution in [0.25, 0.3) is 78.7 Å². The van der Waals surface area contributed by atoms with Crippen LogP contribution < -0.4 is 20.7 Å². The van der Waals surface area contributed by atoms with Crippen molar-refractivity contribution in [1.29, 1.82) is 0 Å². The summed E-state index contributed by atoms with van der Waals surface area (Å²) in [5, 5.41) is 5.72. The summed E-state index contributed by atoms with van der Waals surface area (Å²) >= 11 is 0. The normalized spacial score (nSPS) is 14.2. The fraction of sp³-hybridized carbons (Fsp3) is 0.0816. The summed E-state index contributed by atoms with van der Waals surface area (Å²) in [5.41, 5.74) is 13.5. The maximum Gasteiger partial charge on any atom is 0.164 e. The van der Waals surface area contributed by atoms with Crippen LogP contribution in [0.1, 0.15) is 0 Å². The van der Waals surface area contributed by atoms with E-state index in [4.69, 9.17) is 15.0 Å². The first-order chi connectivity index (χ1) is 26.3. The molecule has 0 radical (unpaired) electrons. The minimum absolute atomic E-state index is 0.702. The van der Waals surface area contributed by atoms with Crippen molar-refractivity contribution in [2.75, 3.05) is 0 Å². The molecule has 0 N–H and O–H groups in total. The molecule has 10 rings (SSSR count). The minimum atomic E-state index is -2.14. The van der Waals surface area contributed by atoms with Gasteiger partial charge >= 0.3 is 0 Å². The first-order valence-electron chi connectivity index (χ1n) is 18.8. The van der Waals surface area contributed by atoms with Crippen molar-refractivity contribution >= 4 is 36.9 Å². The van der Waals surface area contributed by atoms with Crippen LogP contribution in [-0.4, -0.2) is 31.1 Å². The van der Waals surface area contributed by atoms with Crippen molar-refractivity contribution in [3.8, 4) is 78.7 Å². The van der Waals surface area contributed by atoms with E-state index in [-0.39, 0.29) is 0 Å². The van der Waals surface area contributed by atoms with E-state index in [9.17, 15) is 0 Å². The first-order valence-corrected chi connectivity index (χ1v) is 24.8. The second kappa shape index (κ2) is 12.3. The summed E-state index contributed by atoms with van der Waals surface area (Å²) in [6.07, 6.45) is 0. The number of nitrogens with zero attached hydrogens (tertiary/aromatic N) is 3. The Morgan fingerprint density at radius 3 is 1.09 bits per heavy atom. The van der Waals surface area contributed by atoms with Crippen LogP contribution in [0.3, 0.4) is 0 Å². The average molecular weight is 726 g/mol. The second-order valence-corrected chi connectivity index (χ2v) is 24.2. The molecule has 3 heterocycles. The zero-order chi connectivity index (χ0) is 36.6. The van der Waals surface area contributed by atoms with Gasteiger partial charge in [0.1, 0.15) is 16.1 Å². The van der Waals surface area contributed by atoms with Gasteiger partial charge in [-0.15, -0.1) is 0 Å². The number of fused-ring (bicyclic) bond motifs is 6. The molecule has 3 nitrogen and oxygen atoms in total. The first kappa shape index (κ1) is 32.6. The van der Waals surface area contributed by atoms with Crippen molar-refractivity contribution in [1.82, 2.24) is 15.0 Å². The van der Waals surface area contributed by atoms with Gasteiger partial charge in [-0.25, -0.2) is 15.0 Å². The summed E-state index contributed by atoms with van der Waals surface area (Å²) in [4.78, 5) is 16.1. The Bertz CT molecular complexity index is 2590. The average Bonchev–Trinajstić information content (AvgIpc) is 3.60. The molecule has 0 spiro atoms. The Morgan fingerprint density at radius 1 is 0.296 bits per heavy atom. The topological polar surface area (TPSA) is 38.7 Å². The molecule has 7 aromatic carbocycles. The smallest absolute Gasteiger partial charge is 0.164 e. The van der Waals surface area contributed by atoms with Crippen molar-refractivity contribution in [3.05, 3.63) is 164 Å². The lowest BCUT2D eigenvalue weighted by Crippen LogP contribution is -2.50. The zero-order valence-electron chi connectivity index (χ0n) is 30.9.